The van der Waals surface area contributed by atoms with Crippen LogP contribution in [0.2, 0.25) is 0 Å². The van der Waals surface area contributed by atoms with E-state index in [0.29, 0.717) is 13.1 Å². The van der Waals surface area contributed by atoms with Gasteiger partial charge >= 0.3 is 12.2 Å². The van der Waals surface area contributed by atoms with Crippen molar-refractivity contribution in [2.45, 2.75) is 226 Å². The van der Waals surface area contributed by atoms with Crippen LogP contribution in [0.1, 0.15) is 226 Å². The largest absolute Gasteiger partial charge is 0.449 e. The number of ether oxygens (including phenoxy) is 2. The predicted octanol–water partition coefficient (Wildman–Crippen LogP) is 13.6. The molecule has 0 aromatic rings. The third kappa shape index (κ3) is 39.0. The molecule has 2 N–H and O–H groups in total. The molecule has 0 rings (SSSR count). The summed E-state index contributed by atoms with van der Waals surface area (Å²) >= 11 is 0. The van der Waals surface area contributed by atoms with Gasteiger partial charge in [0.15, 0.2) is 0 Å². The fourth-order valence-corrected chi connectivity index (χ4v) is 6.31. The number of carbonyl (C=O) groups excluding carboxylic acids is 2. The molecule has 0 heterocycles. The molecule has 2 amide bonds. The number of nitrogens with one attached hydrogen (secondary N) is 2. The molecule has 0 bridgehead atoms. The Morgan fingerprint density at radius 3 is 0.812 bits per heavy atom. The first kappa shape index (κ1) is 46.5. The van der Waals surface area contributed by atoms with Crippen molar-refractivity contribution in [1.82, 2.24) is 10.6 Å². The summed E-state index contributed by atoms with van der Waals surface area (Å²) in [6, 6.07) is 0. The van der Waals surface area contributed by atoms with E-state index in [-0.39, 0.29) is 31.3 Å². The zero-order chi connectivity index (χ0) is 35.0. The van der Waals surface area contributed by atoms with Crippen molar-refractivity contribution in [2.24, 2.45) is 5.92 Å². The van der Waals surface area contributed by atoms with Crippen LogP contribution >= 0.6 is 0 Å². The zero-order valence-corrected chi connectivity index (χ0v) is 32.7. The van der Waals surface area contributed by atoms with Crippen LogP contribution in [0.15, 0.2) is 0 Å². The average molecular weight is 681 g/mol. The normalized spacial score (nSPS) is 11.2. The highest BCUT2D eigenvalue weighted by Crippen LogP contribution is 2.15. The van der Waals surface area contributed by atoms with Crippen molar-refractivity contribution in [1.29, 1.82) is 0 Å². The van der Waals surface area contributed by atoms with E-state index in [0.717, 1.165) is 25.7 Å². The van der Waals surface area contributed by atoms with E-state index in [2.05, 4.69) is 24.5 Å². The summed E-state index contributed by atoms with van der Waals surface area (Å²) in [6.45, 7) is 8.29. The van der Waals surface area contributed by atoms with E-state index in [9.17, 15) is 9.59 Å². The molecule has 6 heteroatoms. The molecule has 0 aliphatic rings. The van der Waals surface area contributed by atoms with Gasteiger partial charge in [0.25, 0.3) is 0 Å². The molecule has 0 radical (unpaired) electrons. The number of carbonyl (C=O) groups is 2. The minimum atomic E-state index is -0.379. The lowest BCUT2D eigenvalue weighted by molar-refractivity contribution is 0.0913. The minimum Gasteiger partial charge on any atom is -0.449 e. The van der Waals surface area contributed by atoms with Crippen LogP contribution in [0.4, 0.5) is 9.59 Å². The highest BCUT2D eigenvalue weighted by Gasteiger charge is 2.10. The lowest BCUT2D eigenvalue weighted by Crippen LogP contribution is -2.30. The molecule has 0 unspecified atom stereocenters. The van der Waals surface area contributed by atoms with Gasteiger partial charge in [-0.3, -0.25) is 0 Å². The van der Waals surface area contributed by atoms with Gasteiger partial charge in [-0.1, -0.05) is 213 Å². The van der Waals surface area contributed by atoms with Crippen molar-refractivity contribution in [3.8, 4) is 0 Å². The van der Waals surface area contributed by atoms with Crippen molar-refractivity contribution >= 4 is 12.2 Å². The van der Waals surface area contributed by atoms with Crippen LogP contribution in [0.5, 0.6) is 0 Å². The second kappa shape index (κ2) is 40.0. The lowest BCUT2D eigenvalue weighted by Gasteiger charge is -2.13. The summed E-state index contributed by atoms with van der Waals surface area (Å²) < 4.78 is 10.6. The fourth-order valence-electron chi connectivity index (χ4n) is 6.31. The molecule has 0 spiro atoms. The summed E-state index contributed by atoms with van der Waals surface area (Å²) in [5, 5.41) is 5.69. The van der Waals surface area contributed by atoms with E-state index in [1.54, 1.807) is 0 Å². The number of rotatable bonds is 38. The second-order valence-electron chi connectivity index (χ2n) is 14.8. The first-order chi connectivity index (χ1) is 23.6. The highest BCUT2D eigenvalue weighted by molar-refractivity contribution is 5.67. The van der Waals surface area contributed by atoms with Crippen LogP contribution in [0.25, 0.3) is 0 Å². The van der Waals surface area contributed by atoms with Gasteiger partial charge in [-0.05, 0) is 12.8 Å². The van der Waals surface area contributed by atoms with Crippen molar-refractivity contribution in [2.75, 3.05) is 26.3 Å². The van der Waals surface area contributed by atoms with Crippen molar-refractivity contribution < 1.29 is 19.1 Å². The number of alkyl carbamates (subject to hydrolysis) is 2. The lowest BCUT2D eigenvalue weighted by atomic mass is 10.0. The van der Waals surface area contributed by atoms with Gasteiger partial charge in [-0.15, -0.1) is 0 Å². The molecule has 6 nitrogen and oxygen atoms in total. The Kier molecular flexibility index (Phi) is 38.8. The summed E-state index contributed by atoms with van der Waals surface area (Å²) in [6.07, 6.45) is 42.2. The van der Waals surface area contributed by atoms with Gasteiger partial charge in [0, 0.05) is 19.0 Å². The Hall–Kier alpha value is -1.46. The molecule has 0 fully saturated rings. The van der Waals surface area contributed by atoms with Gasteiger partial charge < -0.3 is 20.1 Å². The number of hydrogen-bond donors (Lipinski definition) is 2. The first-order valence-corrected chi connectivity index (χ1v) is 21.4. The first-order valence-electron chi connectivity index (χ1n) is 21.4. The maximum Gasteiger partial charge on any atom is 0.407 e. The Bertz CT molecular complexity index is 606. The molecule has 48 heavy (non-hydrogen) atoms. The molecule has 0 aromatic carbocycles. The van der Waals surface area contributed by atoms with Crippen molar-refractivity contribution in [3.63, 3.8) is 0 Å². The van der Waals surface area contributed by atoms with Gasteiger partial charge in [0.1, 0.15) is 0 Å². The topological polar surface area (TPSA) is 76.7 Å². The van der Waals surface area contributed by atoms with Crippen LogP contribution in [0, 0.1) is 5.92 Å². The predicted molar refractivity (Wildman–Crippen MR) is 207 cm³/mol. The van der Waals surface area contributed by atoms with Gasteiger partial charge in [-0.2, -0.15) is 0 Å². The van der Waals surface area contributed by atoms with E-state index in [4.69, 9.17) is 9.47 Å². The van der Waals surface area contributed by atoms with E-state index >= 15 is 0 Å². The maximum atomic E-state index is 12.0. The molecular formula is C42H84N2O4. The quantitative estimate of drug-likeness (QED) is 0.0636. The van der Waals surface area contributed by atoms with Gasteiger partial charge in [0.05, 0.1) is 13.2 Å². The summed E-state index contributed by atoms with van der Waals surface area (Å²) in [5.74, 6) is -0.0346. The van der Waals surface area contributed by atoms with E-state index in [1.165, 1.54) is 180 Å². The fraction of sp³-hybridized carbons (Fsp3) is 0.952. The third-order valence-corrected chi connectivity index (χ3v) is 9.60. The third-order valence-electron chi connectivity index (χ3n) is 9.60. The van der Waals surface area contributed by atoms with E-state index in [1.807, 2.05) is 6.92 Å². The Labute approximate surface area is 299 Å². The van der Waals surface area contributed by atoms with E-state index < -0.39 is 0 Å². The van der Waals surface area contributed by atoms with Gasteiger partial charge in [0.2, 0.25) is 0 Å². The molecular weight excluding hydrogens is 596 g/mol. The molecule has 0 aliphatic heterocycles. The standard InChI is InChI=1S/C42H84N2O4/c1-4-6-8-10-12-14-16-18-20-22-24-26-28-30-32-34-36-43-41(45)47-38-40(3)39-48-42(46)44-37-35-33-31-29-27-25-23-21-19-17-15-13-11-9-7-5-2/h40H,4-39H2,1-3H3,(H,43,45)(H,44,46). The minimum absolute atomic E-state index is 0.0346. The molecule has 0 saturated carbocycles. The zero-order valence-electron chi connectivity index (χ0n) is 32.7. The molecule has 0 saturated heterocycles. The van der Waals surface area contributed by atoms with Crippen molar-refractivity contribution in [3.05, 3.63) is 0 Å². The summed E-state index contributed by atoms with van der Waals surface area (Å²) in [7, 11) is 0. The smallest absolute Gasteiger partial charge is 0.407 e. The summed E-state index contributed by atoms with van der Waals surface area (Å²) in [5.41, 5.74) is 0. The van der Waals surface area contributed by atoms with Crippen LogP contribution < -0.4 is 10.6 Å². The maximum absolute atomic E-state index is 12.0. The number of unbranched alkanes of at least 4 members (excludes halogenated alkanes) is 30. The molecule has 0 aromatic heterocycles. The molecule has 0 atom stereocenters. The molecule has 286 valence electrons. The Morgan fingerprint density at radius 1 is 0.375 bits per heavy atom. The van der Waals surface area contributed by atoms with Crippen LogP contribution in [-0.2, 0) is 9.47 Å². The summed E-state index contributed by atoms with van der Waals surface area (Å²) in [4.78, 5) is 24.0. The molecule has 0 aliphatic carbocycles. The number of hydrogen-bond acceptors (Lipinski definition) is 4. The highest BCUT2D eigenvalue weighted by atomic mass is 16.6. The Morgan fingerprint density at radius 2 is 0.583 bits per heavy atom. The number of amides is 2. The van der Waals surface area contributed by atoms with Crippen LogP contribution in [0.3, 0.4) is 0 Å². The monoisotopic (exact) mass is 681 g/mol. The second-order valence-corrected chi connectivity index (χ2v) is 14.8. The SMILES string of the molecule is CCCCCCCCCCCCCCCCCCNC(=O)OCC(C)COC(=O)NCCCCCCCCCCCCCCCCCC. The van der Waals surface area contributed by atoms with Crippen LogP contribution in [-0.4, -0.2) is 38.5 Å². The van der Waals surface area contributed by atoms with Gasteiger partial charge in [-0.25, -0.2) is 9.59 Å². The average Bonchev–Trinajstić information content (AvgIpc) is 3.09. The Balaban J connectivity index is 3.36.